The molecule has 398 valence electrons. The topological polar surface area (TPSA) is 78.9 Å². The summed E-state index contributed by atoms with van der Waals surface area (Å²) in [6, 6.07) is 0. The van der Waals surface area contributed by atoms with Gasteiger partial charge in [0.2, 0.25) is 0 Å². The summed E-state index contributed by atoms with van der Waals surface area (Å²) in [6.07, 6.45) is 68.7. The Bertz CT molecular complexity index is 1140. The zero-order chi connectivity index (χ0) is 49.3. The maximum absolute atomic E-state index is 12.8. The molecule has 0 radical (unpaired) electrons. The van der Waals surface area contributed by atoms with Crippen LogP contribution in [-0.2, 0) is 28.6 Å². The van der Waals surface area contributed by atoms with Crippen LogP contribution in [0.5, 0.6) is 0 Å². The maximum Gasteiger partial charge on any atom is 0.306 e. The van der Waals surface area contributed by atoms with Gasteiger partial charge in [0.1, 0.15) is 13.2 Å². The monoisotopic (exact) mass is 955 g/mol. The zero-order valence-electron chi connectivity index (χ0n) is 45.6. The van der Waals surface area contributed by atoms with Gasteiger partial charge in [-0.05, 0) is 70.6 Å². The summed E-state index contributed by atoms with van der Waals surface area (Å²) in [5.74, 6) is -0.885. The molecule has 0 aliphatic rings. The predicted molar refractivity (Wildman–Crippen MR) is 293 cm³/mol. The Morgan fingerprint density at radius 1 is 0.294 bits per heavy atom. The van der Waals surface area contributed by atoms with Crippen molar-refractivity contribution in [1.82, 2.24) is 0 Å². The van der Waals surface area contributed by atoms with E-state index in [2.05, 4.69) is 57.2 Å². The van der Waals surface area contributed by atoms with Crippen LogP contribution in [0.25, 0.3) is 0 Å². The van der Waals surface area contributed by atoms with E-state index in [9.17, 15) is 14.4 Å². The van der Waals surface area contributed by atoms with Crippen molar-refractivity contribution in [3.05, 3.63) is 36.5 Å². The molecule has 1 atom stereocenters. The number of ether oxygens (including phenoxy) is 3. The van der Waals surface area contributed by atoms with Crippen LogP contribution in [0.2, 0.25) is 0 Å². The van der Waals surface area contributed by atoms with Crippen molar-refractivity contribution in [2.24, 2.45) is 0 Å². The largest absolute Gasteiger partial charge is 0.462 e. The van der Waals surface area contributed by atoms with Gasteiger partial charge in [0, 0.05) is 19.3 Å². The van der Waals surface area contributed by atoms with Crippen molar-refractivity contribution in [1.29, 1.82) is 0 Å². The molecule has 0 bridgehead atoms. The minimum Gasteiger partial charge on any atom is -0.462 e. The van der Waals surface area contributed by atoms with Gasteiger partial charge in [-0.3, -0.25) is 14.4 Å². The molecular formula is C62H114O6. The minimum absolute atomic E-state index is 0.0771. The molecule has 0 fully saturated rings. The number of carbonyl (C=O) groups is 3. The number of hydrogen-bond acceptors (Lipinski definition) is 6. The molecule has 6 nitrogen and oxygen atoms in total. The van der Waals surface area contributed by atoms with Crippen molar-refractivity contribution in [3.8, 4) is 0 Å². The highest BCUT2D eigenvalue weighted by Crippen LogP contribution is 2.17. The lowest BCUT2D eigenvalue weighted by Crippen LogP contribution is -2.30. The zero-order valence-corrected chi connectivity index (χ0v) is 45.6. The van der Waals surface area contributed by atoms with Crippen molar-refractivity contribution in [3.63, 3.8) is 0 Å². The first-order valence-corrected chi connectivity index (χ1v) is 30.0. The summed E-state index contributed by atoms with van der Waals surface area (Å²) < 4.78 is 16.8. The lowest BCUT2D eigenvalue weighted by atomic mass is 10.0. The van der Waals surface area contributed by atoms with Crippen molar-refractivity contribution < 1.29 is 28.6 Å². The smallest absolute Gasteiger partial charge is 0.306 e. The fourth-order valence-corrected chi connectivity index (χ4v) is 8.81. The summed E-state index contributed by atoms with van der Waals surface area (Å²) in [5, 5.41) is 0. The third kappa shape index (κ3) is 54.6. The summed E-state index contributed by atoms with van der Waals surface area (Å²) in [4.78, 5) is 38.1. The van der Waals surface area contributed by atoms with Crippen LogP contribution in [0, 0.1) is 0 Å². The van der Waals surface area contributed by atoms with E-state index in [1.807, 2.05) is 0 Å². The SMILES string of the molecule is CCCC/C=C\CCCCCCCC(=O)OCC(COC(=O)CCCCCCCCCCCCCCCCCCCCCCCCCC)OC(=O)CCCCCCC/C=C\C/C=C\CCCCC. The Morgan fingerprint density at radius 2 is 0.544 bits per heavy atom. The van der Waals surface area contributed by atoms with Gasteiger partial charge in [-0.25, -0.2) is 0 Å². The Kier molecular flexibility index (Phi) is 55.2. The van der Waals surface area contributed by atoms with Gasteiger partial charge < -0.3 is 14.2 Å². The Balaban J connectivity index is 4.21. The molecule has 6 heteroatoms. The van der Waals surface area contributed by atoms with Crippen molar-refractivity contribution in [2.45, 2.75) is 329 Å². The van der Waals surface area contributed by atoms with Gasteiger partial charge in [-0.1, -0.05) is 269 Å². The molecule has 0 rings (SSSR count). The number of rotatable bonds is 55. The lowest BCUT2D eigenvalue weighted by Gasteiger charge is -2.18. The third-order valence-electron chi connectivity index (χ3n) is 13.4. The normalized spacial score (nSPS) is 12.2. The highest BCUT2D eigenvalue weighted by Gasteiger charge is 2.19. The predicted octanol–water partition coefficient (Wildman–Crippen LogP) is 20.0. The number of hydrogen-bond donors (Lipinski definition) is 0. The first-order chi connectivity index (χ1) is 33.5. The van der Waals surface area contributed by atoms with Crippen molar-refractivity contribution in [2.75, 3.05) is 13.2 Å². The Morgan fingerprint density at radius 3 is 0.897 bits per heavy atom. The number of carbonyl (C=O) groups excluding carboxylic acids is 3. The van der Waals surface area contributed by atoms with E-state index >= 15 is 0 Å². The summed E-state index contributed by atoms with van der Waals surface area (Å²) in [5.41, 5.74) is 0. The van der Waals surface area contributed by atoms with Crippen molar-refractivity contribution >= 4 is 17.9 Å². The highest BCUT2D eigenvalue weighted by atomic mass is 16.6. The van der Waals surface area contributed by atoms with Gasteiger partial charge in [-0.15, -0.1) is 0 Å². The number of unbranched alkanes of at least 4 members (excludes halogenated alkanes) is 38. The van der Waals surface area contributed by atoms with Crippen LogP contribution < -0.4 is 0 Å². The molecule has 0 amide bonds. The lowest BCUT2D eigenvalue weighted by molar-refractivity contribution is -0.167. The number of esters is 3. The van der Waals surface area contributed by atoms with Gasteiger partial charge in [-0.2, -0.15) is 0 Å². The van der Waals surface area contributed by atoms with Crippen LogP contribution in [0.3, 0.4) is 0 Å². The molecule has 0 saturated heterocycles. The van der Waals surface area contributed by atoms with Crippen LogP contribution in [-0.4, -0.2) is 37.2 Å². The quantitative estimate of drug-likeness (QED) is 0.0262. The molecule has 0 aromatic rings. The van der Waals surface area contributed by atoms with E-state index in [1.54, 1.807) is 0 Å². The van der Waals surface area contributed by atoms with E-state index in [4.69, 9.17) is 14.2 Å². The molecule has 0 saturated carbocycles. The van der Waals surface area contributed by atoms with E-state index in [0.717, 1.165) is 89.9 Å². The van der Waals surface area contributed by atoms with Gasteiger partial charge in [0.25, 0.3) is 0 Å². The average molecular weight is 956 g/mol. The Hall–Kier alpha value is -2.37. The molecular weight excluding hydrogens is 841 g/mol. The molecule has 0 aliphatic carbocycles. The molecule has 1 unspecified atom stereocenters. The molecule has 0 aliphatic heterocycles. The molecule has 68 heavy (non-hydrogen) atoms. The highest BCUT2D eigenvalue weighted by molar-refractivity contribution is 5.71. The Labute approximate surface area is 423 Å². The van der Waals surface area contributed by atoms with E-state index in [0.29, 0.717) is 19.3 Å². The molecule has 0 aromatic carbocycles. The summed E-state index contributed by atoms with van der Waals surface area (Å²) in [6.45, 7) is 6.60. The van der Waals surface area contributed by atoms with E-state index < -0.39 is 6.10 Å². The molecule has 0 heterocycles. The molecule has 0 spiro atoms. The third-order valence-corrected chi connectivity index (χ3v) is 13.4. The van der Waals surface area contributed by atoms with Crippen LogP contribution in [0.1, 0.15) is 323 Å². The fourth-order valence-electron chi connectivity index (χ4n) is 8.81. The van der Waals surface area contributed by atoms with E-state index in [1.165, 1.54) is 193 Å². The first-order valence-electron chi connectivity index (χ1n) is 30.0. The maximum atomic E-state index is 12.8. The number of allylic oxidation sites excluding steroid dienone is 6. The minimum atomic E-state index is -0.780. The van der Waals surface area contributed by atoms with Gasteiger partial charge >= 0.3 is 17.9 Å². The second kappa shape index (κ2) is 57.2. The average Bonchev–Trinajstić information content (AvgIpc) is 3.34. The van der Waals surface area contributed by atoms with Crippen LogP contribution in [0.4, 0.5) is 0 Å². The van der Waals surface area contributed by atoms with Gasteiger partial charge in [0.15, 0.2) is 6.10 Å². The second-order valence-electron chi connectivity index (χ2n) is 20.3. The summed E-state index contributed by atoms with van der Waals surface area (Å²) >= 11 is 0. The van der Waals surface area contributed by atoms with Crippen LogP contribution >= 0.6 is 0 Å². The van der Waals surface area contributed by atoms with Gasteiger partial charge in [0.05, 0.1) is 0 Å². The van der Waals surface area contributed by atoms with E-state index in [-0.39, 0.29) is 31.1 Å². The first kappa shape index (κ1) is 65.6. The molecule has 0 aromatic heterocycles. The summed E-state index contributed by atoms with van der Waals surface area (Å²) in [7, 11) is 0. The van der Waals surface area contributed by atoms with Crippen LogP contribution in [0.15, 0.2) is 36.5 Å². The fraction of sp³-hybridized carbons (Fsp3) is 0.855. The second-order valence-corrected chi connectivity index (χ2v) is 20.3. The molecule has 0 N–H and O–H groups in total. The standard InChI is InChI=1S/C62H114O6/c1-4-7-10-13-16-19-22-24-26-27-28-29-30-31-32-33-34-36-37-40-43-46-49-52-55-61(64)67-58-59(57-66-60(63)54-51-48-45-42-39-21-18-15-12-9-6-3)68-62(65)56-53-50-47-44-41-38-35-25-23-20-17-14-11-8-5-2/h15,17-18,20,25,35,59H,4-14,16,19,21-24,26-34,36-58H2,1-3H3/b18-15-,20-17-,35-25-.